The van der Waals surface area contributed by atoms with Gasteiger partial charge in [-0.2, -0.15) is 0 Å². The third kappa shape index (κ3) is 2.60. The van der Waals surface area contributed by atoms with Crippen molar-refractivity contribution in [3.8, 4) is 0 Å². The number of hydrogen-bond acceptors (Lipinski definition) is 4. The first-order valence-electron chi connectivity index (χ1n) is 7.04. The highest BCUT2D eigenvalue weighted by molar-refractivity contribution is 7.09. The number of hydrogen-bond donors (Lipinski definition) is 1. The molecule has 1 saturated heterocycles. The minimum Gasteiger partial charge on any atom is -0.309 e. The summed E-state index contributed by atoms with van der Waals surface area (Å²) in [5, 5.41) is 7.10. The zero-order chi connectivity index (χ0) is 12.6. The Morgan fingerprint density at radius 3 is 3.11 bits per heavy atom. The van der Waals surface area contributed by atoms with Gasteiger partial charge in [0.25, 0.3) is 0 Å². The van der Waals surface area contributed by atoms with Gasteiger partial charge < -0.3 is 5.32 Å². The van der Waals surface area contributed by atoms with Crippen LogP contribution in [0.3, 0.4) is 0 Å². The molecule has 4 heteroatoms. The fourth-order valence-corrected chi connectivity index (χ4v) is 3.88. The van der Waals surface area contributed by atoms with Gasteiger partial charge >= 0.3 is 0 Å². The molecule has 1 saturated carbocycles. The largest absolute Gasteiger partial charge is 0.309 e. The van der Waals surface area contributed by atoms with Crippen molar-refractivity contribution in [2.75, 3.05) is 26.2 Å². The summed E-state index contributed by atoms with van der Waals surface area (Å²) >= 11 is 1.78. The van der Waals surface area contributed by atoms with E-state index in [1.807, 2.05) is 6.20 Å². The summed E-state index contributed by atoms with van der Waals surface area (Å²) in [6, 6.07) is 0. The van der Waals surface area contributed by atoms with Gasteiger partial charge in [0.2, 0.25) is 0 Å². The molecule has 2 aliphatic rings. The van der Waals surface area contributed by atoms with Crippen LogP contribution in [0.5, 0.6) is 0 Å². The fraction of sp³-hybridized carbons (Fsp3) is 0.786. The summed E-state index contributed by atoms with van der Waals surface area (Å²) in [5.41, 5.74) is 0.362. The molecule has 2 atom stereocenters. The lowest BCUT2D eigenvalue weighted by molar-refractivity contribution is 0.122. The van der Waals surface area contributed by atoms with Crippen molar-refractivity contribution in [1.82, 2.24) is 15.2 Å². The quantitative estimate of drug-likeness (QED) is 0.905. The molecule has 2 unspecified atom stereocenters. The lowest BCUT2D eigenvalue weighted by Crippen LogP contribution is -2.60. The molecule has 1 aliphatic heterocycles. The number of nitrogens with zero attached hydrogens (tertiary/aromatic N) is 2. The molecule has 3 rings (SSSR count). The van der Waals surface area contributed by atoms with Crippen molar-refractivity contribution >= 4 is 11.3 Å². The van der Waals surface area contributed by atoms with E-state index >= 15 is 0 Å². The van der Waals surface area contributed by atoms with Crippen LogP contribution >= 0.6 is 11.3 Å². The van der Waals surface area contributed by atoms with E-state index in [0.29, 0.717) is 11.5 Å². The molecule has 0 amide bonds. The lowest BCUT2D eigenvalue weighted by atomic mass is 9.92. The minimum atomic E-state index is 0.362. The average molecular weight is 265 g/mol. The predicted octanol–water partition coefficient (Wildman–Crippen LogP) is 2.32. The lowest BCUT2D eigenvalue weighted by Gasteiger charge is -2.42. The Morgan fingerprint density at radius 2 is 2.44 bits per heavy atom. The highest BCUT2D eigenvalue weighted by Gasteiger charge is 2.43. The molecule has 100 valence electrons. The van der Waals surface area contributed by atoms with Crippen molar-refractivity contribution in [3.63, 3.8) is 0 Å². The molecule has 0 radical (unpaired) electrons. The van der Waals surface area contributed by atoms with E-state index in [1.54, 1.807) is 11.3 Å². The molecule has 0 aromatic carbocycles. The van der Waals surface area contributed by atoms with E-state index in [4.69, 9.17) is 0 Å². The van der Waals surface area contributed by atoms with Gasteiger partial charge in [0.1, 0.15) is 0 Å². The van der Waals surface area contributed by atoms with Crippen molar-refractivity contribution in [2.45, 2.75) is 38.1 Å². The molecule has 3 nitrogen and oxygen atoms in total. The summed E-state index contributed by atoms with van der Waals surface area (Å²) in [6.45, 7) is 9.38. The molecule has 2 heterocycles. The Bertz CT molecular complexity index is 388. The third-order valence-electron chi connectivity index (χ3n) is 4.39. The van der Waals surface area contributed by atoms with Crippen LogP contribution in [0.4, 0.5) is 0 Å². The normalized spacial score (nSPS) is 31.4. The molecule has 0 spiro atoms. The Labute approximate surface area is 114 Å². The molecule has 2 fully saturated rings. The van der Waals surface area contributed by atoms with E-state index in [9.17, 15) is 0 Å². The highest BCUT2D eigenvalue weighted by Crippen LogP contribution is 2.40. The van der Waals surface area contributed by atoms with Crippen molar-refractivity contribution in [2.24, 2.45) is 5.92 Å². The minimum absolute atomic E-state index is 0.362. The molecule has 0 bridgehead atoms. The average Bonchev–Trinajstić information content (AvgIpc) is 3.06. The topological polar surface area (TPSA) is 28.2 Å². The molecule has 18 heavy (non-hydrogen) atoms. The molecule has 1 aromatic heterocycles. The molecule has 1 N–H and O–H groups in total. The maximum absolute atomic E-state index is 4.44. The predicted molar refractivity (Wildman–Crippen MR) is 76.1 cm³/mol. The number of thiazole rings is 1. The Kier molecular flexibility index (Phi) is 3.43. The van der Waals surface area contributed by atoms with Gasteiger partial charge in [-0.25, -0.2) is 4.98 Å². The Hall–Kier alpha value is -0.450. The van der Waals surface area contributed by atoms with E-state index < -0.39 is 0 Å². The first kappa shape index (κ1) is 12.6. The van der Waals surface area contributed by atoms with Crippen LogP contribution in [0.2, 0.25) is 0 Å². The van der Waals surface area contributed by atoms with Crippen molar-refractivity contribution in [1.29, 1.82) is 0 Å². The van der Waals surface area contributed by atoms with Crippen LogP contribution in [-0.2, 0) is 0 Å². The molecular weight excluding hydrogens is 242 g/mol. The van der Waals surface area contributed by atoms with Gasteiger partial charge in [-0.1, -0.05) is 6.92 Å². The second-order valence-corrected chi connectivity index (χ2v) is 7.05. The highest BCUT2D eigenvalue weighted by atomic mass is 32.1. The van der Waals surface area contributed by atoms with Gasteiger partial charge in [-0.05, 0) is 25.7 Å². The summed E-state index contributed by atoms with van der Waals surface area (Å²) in [5.74, 6) is 1.47. The monoisotopic (exact) mass is 265 g/mol. The van der Waals surface area contributed by atoms with Gasteiger partial charge in [0, 0.05) is 49.2 Å². The first-order valence-corrected chi connectivity index (χ1v) is 7.92. The molecule has 1 aliphatic carbocycles. The number of nitrogens with one attached hydrogen (secondary N) is 1. The summed E-state index contributed by atoms with van der Waals surface area (Å²) < 4.78 is 0. The van der Waals surface area contributed by atoms with Gasteiger partial charge in [0.05, 0.1) is 5.01 Å². The smallest absolute Gasteiger partial charge is 0.0965 e. The van der Waals surface area contributed by atoms with Crippen molar-refractivity contribution < 1.29 is 0 Å². The first-order chi connectivity index (χ1) is 8.67. The number of piperazine rings is 1. The summed E-state index contributed by atoms with van der Waals surface area (Å²) in [7, 11) is 0. The zero-order valence-electron chi connectivity index (χ0n) is 11.4. The fourth-order valence-electron chi connectivity index (χ4n) is 3.19. The van der Waals surface area contributed by atoms with Crippen LogP contribution in [0.25, 0.3) is 0 Å². The van der Waals surface area contributed by atoms with Crippen LogP contribution in [-0.4, -0.2) is 41.6 Å². The van der Waals surface area contributed by atoms with Crippen LogP contribution < -0.4 is 5.32 Å². The van der Waals surface area contributed by atoms with Crippen LogP contribution in [0, 0.1) is 5.92 Å². The SMILES string of the molecule is CC(CN1CCNC(C)(C2CC2)C1)c1nccs1. The van der Waals surface area contributed by atoms with Crippen LogP contribution in [0.1, 0.15) is 37.6 Å². The molecule has 1 aromatic rings. The Morgan fingerprint density at radius 1 is 1.61 bits per heavy atom. The number of rotatable bonds is 4. The Balaban J connectivity index is 1.59. The van der Waals surface area contributed by atoms with E-state index in [2.05, 4.69) is 34.4 Å². The van der Waals surface area contributed by atoms with Gasteiger partial charge in [-0.15, -0.1) is 11.3 Å². The summed E-state index contributed by atoms with van der Waals surface area (Å²) in [6.07, 6.45) is 4.75. The zero-order valence-corrected chi connectivity index (χ0v) is 12.2. The van der Waals surface area contributed by atoms with E-state index in [1.165, 1.54) is 30.9 Å². The van der Waals surface area contributed by atoms with Gasteiger partial charge in [-0.3, -0.25) is 4.90 Å². The third-order valence-corrected chi connectivity index (χ3v) is 5.40. The van der Waals surface area contributed by atoms with E-state index in [-0.39, 0.29) is 0 Å². The second-order valence-electron chi connectivity index (χ2n) is 6.13. The second kappa shape index (κ2) is 4.91. The van der Waals surface area contributed by atoms with Crippen molar-refractivity contribution in [3.05, 3.63) is 16.6 Å². The molecular formula is C14H23N3S. The number of aromatic nitrogens is 1. The van der Waals surface area contributed by atoms with Gasteiger partial charge in [0.15, 0.2) is 0 Å². The maximum atomic E-state index is 4.44. The maximum Gasteiger partial charge on any atom is 0.0965 e. The van der Waals surface area contributed by atoms with Crippen LogP contribution in [0.15, 0.2) is 11.6 Å². The summed E-state index contributed by atoms with van der Waals surface area (Å²) in [4.78, 5) is 7.07. The standard InChI is InChI=1S/C14H23N3S/c1-11(13-15-6-8-18-13)9-17-7-5-16-14(2,10-17)12-3-4-12/h6,8,11-12,16H,3-5,7,9-10H2,1-2H3. The van der Waals surface area contributed by atoms with E-state index in [0.717, 1.165) is 19.0 Å².